The van der Waals surface area contributed by atoms with Crippen LogP contribution in [0.5, 0.6) is 0 Å². The van der Waals surface area contributed by atoms with Crippen LogP contribution in [0.4, 0.5) is 0 Å². The topological polar surface area (TPSA) is 57.0 Å². The Morgan fingerprint density at radius 2 is 2.41 bits per heavy atom. The number of aryl methyl sites for hydroxylation is 1. The molecule has 5 heteroatoms. The van der Waals surface area contributed by atoms with E-state index in [4.69, 9.17) is 4.74 Å². The van der Waals surface area contributed by atoms with Crippen LogP contribution >= 0.6 is 0 Å². The second kappa shape index (κ2) is 5.43. The van der Waals surface area contributed by atoms with Crippen molar-refractivity contribution in [3.63, 3.8) is 0 Å². The molecule has 2 aromatic heterocycles. The Kier molecular flexibility index (Phi) is 3.69. The largest absolute Gasteiger partial charge is 0.466 e. The number of nitrogens with zero attached hydrogens (tertiary/aromatic N) is 3. The molecule has 0 radical (unpaired) electrons. The number of carbonyl (C=O) groups excluding carboxylic acids is 1. The SMILES string of the molecule is CCOC(=O)CCCn1cnc2cnccc21. The minimum absolute atomic E-state index is 0.140. The molecule has 0 bridgehead atoms. The summed E-state index contributed by atoms with van der Waals surface area (Å²) in [6, 6.07) is 1.92. The molecule has 0 spiro atoms. The fourth-order valence-corrected chi connectivity index (χ4v) is 1.72. The zero-order valence-corrected chi connectivity index (χ0v) is 9.80. The number of hydrogen-bond donors (Lipinski definition) is 0. The first kappa shape index (κ1) is 11.6. The maximum absolute atomic E-state index is 11.2. The lowest BCUT2D eigenvalue weighted by Gasteiger charge is -2.04. The molecule has 90 valence electrons. The van der Waals surface area contributed by atoms with Gasteiger partial charge in [0, 0.05) is 19.2 Å². The highest BCUT2D eigenvalue weighted by atomic mass is 16.5. The minimum Gasteiger partial charge on any atom is -0.466 e. The van der Waals surface area contributed by atoms with Crippen LogP contribution in [0, 0.1) is 0 Å². The van der Waals surface area contributed by atoms with E-state index in [1.54, 1.807) is 18.7 Å². The molecular formula is C12H15N3O2. The molecule has 0 saturated carbocycles. The van der Waals surface area contributed by atoms with Gasteiger partial charge in [0.2, 0.25) is 0 Å². The number of fused-ring (bicyclic) bond motifs is 1. The first-order valence-corrected chi connectivity index (χ1v) is 5.71. The Hall–Kier alpha value is -1.91. The summed E-state index contributed by atoms with van der Waals surface area (Å²) in [5, 5.41) is 0. The summed E-state index contributed by atoms with van der Waals surface area (Å²) in [6.45, 7) is 3.02. The first-order chi connectivity index (χ1) is 8.31. The van der Waals surface area contributed by atoms with E-state index in [1.807, 2.05) is 17.6 Å². The molecule has 0 atom stereocenters. The van der Waals surface area contributed by atoms with E-state index >= 15 is 0 Å². The van der Waals surface area contributed by atoms with Crippen molar-refractivity contribution in [2.75, 3.05) is 6.61 Å². The summed E-state index contributed by atoms with van der Waals surface area (Å²) in [7, 11) is 0. The number of imidazole rings is 1. The fraction of sp³-hybridized carbons (Fsp3) is 0.417. The van der Waals surface area contributed by atoms with Crippen molar-refractivity contribution in [3.8, 4) is 0 Å². The Labute approximate surface area is 99.4 Å². The van der Waals surface area contributed by atoms with E-state index in [0.29, 0.717) is 13.0 Å². The Balaban J connectivity index is 1.93. The zero-order valence-electron chi connectivity index (χ0n) is 9.80. The summed E-state index contributed by atoms with van der Waals surface area (Å²) in [5.41, 5.74) is 1.92. The van der Waals surface area contributed by atoms with Gasteiger partial charge in [-0.3, -0.25) is 9.78 Å². The maximum Gasteiger partial charge on any atom is 0.305 e. The second-order valence-corrected chi connectivity index (χ2v) is 3.71. The van der Waals surface area contributed by atoms with Gasteiger partial charge in [-0.05, 0) is 19.4 Å². The number of carbonyl (C=O) groups is 1. The Morgan fingerprint density at radius 1 is 1.53 bits per heavy atom. The lowest BCUT2D eigenvalue weighted by Crippen LogP contribution is -2.05. The van der Waals surface area contributed by atoms with Crippen molar-refractivity contribution < 1.29 is 9.53 Å². The predicted molar refractivity (Wildman–Crippen MR) is 63.4 cm³/mol. The van der Waals surface area contributed by atoms with Gasteiger partial charge in [-0.1, -0.05) is 0 Å². The van der Waals surface area contributed by atoms with Crippen LogP contribution < -0.4 is 0 Å². The monoisotopic (exact) mass is 233 g/mol. The highest BCUT2D eigenvalue weighted by Crippen LogP contribution is 2.11. The smallest absolute Gasteiger partial charge is 0.305 e. The molecule has 2 aromatic rings. The number of esters is 1. The predicted octanol–water partition coefficient (Wildman–Crippen LogP) is 1.77. The molecule has 2 rings (SSSR count). The minimum atomic E-state index is -0.140. The van der Waals surface area contributed by atoms with Gasteiger partial charge in [0.25, 0.3) is 0 Å². The van der Waals surface area contributed by atoms with Crippen LogP contribution in [0.3, 0.4) is 0 Å². The maximum atomic E-state index is 11.2. The van der Waals surface area contributed by atoms with Gasteiger partial charge in [-0.25, -0.2) is 4.98 Å². The number of aromatic nitrogens is 3. The van der Waals surface area contributed by atoms with Crippen molar-refractivity contribution >= 4 is 17.0 Å². The van der Waals surface area contributed by atoms with E-state index in [2.05, 4.69) is 9.97 Å². The molecule has 0 aliphatic rings. The average molecular weight is 233 g/mol. The van der Waals surface area contributed by atoms with Gasteiger partial charge in [0.05, 0.1) is 24.6 Å². The van der Waals surface area contributed by atoms with E-state index < -0.39 is 0 Å². The van der Waals surface area contributed by atoms with Gasteiger partial charge in [-0.2, -0.15) is 0 Å². The van der Waals surface area contributed by atoms with Gasteiger partial charge in [0.1, 0.15) is 5.52 Å². The Morgan fingerprint density at radius 3 is 3.24 bits per heavy atom. The van der Waals surface area contributed by atoms with Gasteiger partial charge < -0.3 is 9.30 Å². The molecule has 17 heavy (non-hydrogen) atoms. The molecule has 0 aliphatic heterocycles. The molecule has 0 aliphatic carbocycles. The van der Waals surface area contributed by atoms with Crippen LogP contribution in [-0.4, -0.2) is 27.1 Å². The Bertz CT molecular complexity index is 507. The first-order valence-electron chi connectivity index (χ1n) is 5.71. The van der Waals surface area contributed by atoms with E-state index in [0.717, 1.165) is 24.0 Å². The third-order valence-electron chi connectivity index (χ3n) is 2.51. The molecule has 0 saturated heterocycles. The normalized spacial score (nSPS) is 10.6. The molecule has 0 fully saturated rings. The third kappa shape index (κ3) is 2.81. The van der Waals surface area contributed by atoms with Crippen molar-refractivity contribution in [2.24, 2.45) is 0 Å². The van der Waals surface area contributed by atoms with Crippen molar-refractivity contribution in [1.29, 1.82) is 0 Å². The van der Waals surface area contributed by atoms with Crippen LogP contribution in [0.1, 0.15) is 19.8 Å². The molecule has 0 unspecified atom stereocenters. The van der Waals surface area contributed by atoms with Crippen LogP contribution in [-0.2, 0) is 16.1 Å². The number of ether oxygens (including phenoxy) is 1. The number of pyridine rings is 1. The van der Waals surface area contributed by atoms with Crippen molar-refractivity contribution in [2.45, 2.75) is 26.3 Å². The quantitative estimate of drug-likeness (QED) is 0.738. The lowest BCUT2D eigenvalue weighted by atomic mass is 10.3. The third-order valence-corrected chi connectivity index (χ3v) is 2.51. The van der Waals surface area contributed by atoms with Gasteiger partial charge >= 0.3 is 5.97 Å². The van der Waals surface area contributed by atoms with Crippen LogP contribution in [0.25, 0.3) is 11.0 Å². The van der Waals surface area contributed by atoms with Gasteiger partial charge in [-0.15, -0.1) is 0 Å². The average Bonchev–Trinajstić information content (AvgIpc) is 2.73. The van der Waals surface area contributed by atoms with Crippen LogP contribution in [0.2, 0.25) is 0 Å². The van der Waals surface area contributed by atoms with Crippen molar-refractivity contribution in [1.82, 2.24) is 14.5 Å². The molecule has 0 amide bonds. The molecule has 5 nitrogen and oxygen atoms in total. The fourth-order valence-electron chi connectivity index (χ4n) is 1.72. The lowest BCUT2D eigenvalue weighted by molar-refractivity contribution is -0.143. The molecular weight excluding hydrogens is 218 g/mol. The standard InChI is InChI=1S/C12H15N3O2/c1-2-17-12(16)4-3-7-15-9-14-10-8-13-6-5-11(10)15/h5-6,8-9H,2-4,7H2,1H3. The second-order valence-electron chi connectivity index (χ2n) is 3.71. The van der Waals surface area contributed by atoms with Crippen LogP contribution in [0.15, 0.2) is 24.8 Å². The van der Waals surface area contributed by atoms with Gasteiger partial charge in [0.15, 0.2) is 0 Å². The van der Waals surface area contributed by atoms with E-state index in [1.165, 1.54) is 0 Å². The van der Waals surface area contributed by atoms with E-state index in [-0.39, 0.29) is 5.97 Å². The molecule has 2 heterocycles. The summed E-state index contributed by atoms with van der Waals surface area (Å²) < 4.78 is 6.90. The van der Waals surface area contributed by atoms with Crippen molar-refractivity contribution in [3.05, 3.63) is 24.8 Å². The summed E-state index contributed by atoms with van der Waals surface area (Å²) in [4.78, 5) is 19.4. The summed E-state index contributed by atoms with van der Waals surface area (Å²) >= 11 is 0. The molecule has 0 aromatic carbocycles. The molecule has 0 N–H and O–H groups in total. The van der Waals surface area contributed by atoms with E-state index in [9.17, 15) is 4.79 Å². The zero-order chi connectivity index (χ0) is 12.1. The summed E-state index contributed by atoms with van der Waals surface area (Å²) in [6.07, 6.45) is 6.45. The summed E-state index contributed by atoms with van der Waals surface area (Å²) in [5.74, 6) is -0.140. The number of rotatable bonds is 5. The highest BCUT2D eigenvalue weighted by Gasteiger charge is 2.04. The highest BCUT2D eigenvalue weighted by molar-refractivity contribution is 5.73. The number of hydrogen-bond acceptors (Lipinski definition) is 4.